The van der Waals surface area contributed by atoms with Crippen LogP contribution in [-0.4, -0.2) is 42.8 Å². The number of amides is 2. The highest BCUT2D eigenvalue weighted by molar-refractivity contribution is 5.74. The molecule has 2 unspecified atom stereocenters. The highest BCUT2D eigenvalue weighted by atomic mass is 16.5. The molecule has 3 rings (SSSR count). The Kier molecular flexibility index (Phi) is 1.92. The van der Waals surface area contributed by atoms with Crippen LogP contribution in [0.1, 0.15) is 13.3 Å². The molecule has 4 nitrogen and oxygen atoms in total. The van der Waals surface area contributed by atoms with Crippen molar-refractivity contribution in [2.24, 2.45) is 0 Å². The van der Waals surface area contributed by atoms with Crippen LogP contribution in [0.25, 0.3) is 0 Å². The second kappa shape index (κ2) is 2.94. The molecule has 0 saturated carbocycles. The van der Waals surface area contributed by atoms with Crippen LogP contribution in [0.15, 0.2) is 0 Å². The predicted octanol–water partition coefficient (Wildman–Crippen LogP) is 0.189. The molecule has 3 heterocycles. The minimum Gasteiger partial charge on any atom is -0.371 e. The fraction of sp³-hybridized carbons (Fsp3) is 0.875. The first-order chi connectivity index (χ1) is 5.79. The summed E-state index contributed by atoms with van der Waals surface area (Å²) in [5.74, 6) is 0. The molecular formula is C8H14N2O2. The molecule has 3 saturated heterocycles. The van der Waals surface area contributed by atoms with E-state index in [-0.39, 0.29) is 6.03 Å². The van der Waals surface area contributed by atoms with Crippen molar-refractivity contribution < 1.29 is 9.53 Å². The molecule has 3 aliphatic heterocycles. The van der Waals surface area contributed by atoms with Crippen molar-refractivity contribution in [2.45, 2.75) is 25.6 Å². The molecule has 2 atom stereocenters. The van der Waals surface area contributed by atoms with E-state index < -0.39 is 0 Å². The van der Waals surface area contributed by atoms with Gasteiger partial charge in [-0.2, -0.15) is 0 Å². The third-order valence-electron chi connectivity index (χ3n) is 2.37. The molecule has 0 aromatic heterocycles. The van der Waals surface area contributed by atoms with E-state index in [0.29, 0.717) is 18.8 Å². The summed E-state index contributed by atoms with van der Waals surface area (Å²) in [6, 6.07) is 0.0514. The first-order valence-electron chi connectivity index (χ1n) is 4.48. The third-order valence-corrected chi connectivity index (χ3v) is 2.37. The van der Waals surface area contributed by atoms with Crippen molar-refractivity contribution in [1.82, 2.24) is 10.2 Å². The Hall–Kier alpha value is -0.770. The van der Waals surface area contributed by atoms with Crippen LogP contribution in [0.2, 0.25) is 0 Å². The van der Waals surface area contributed by atoms with Crippen molar-refractivity contribution in [3.05, 3.63) is 0 Å². The average Bonchev–Trinajstić information content (AvgIpc) is 2.04. The van der Waals surface area contributed by atoms with E-state index in [4.69, 9.17) is 4.74 Å². The fourth-order valence-corrected chi connectivity index (χ4v) is 1.78. The van der Waals surface area contributed by atoms with E-state index >= 15 is 0 Å². The van der Waals surface area contributed by atoms with Gasteiger partial charge >= 0.3 is 6.03 Å². The summed E-state index contributed by atoms with van der Waals surface area (Å²) >= 11 is 0. The van der Waals surface area contributed by atoms with Crippen molar-refractivity contribution in [3.63, 3.8) is 0 Å². The number of urea groups is 1. The number of piperidine rings is 1. The molecule has 0 aromatic carbocycles. The summed E-state index contributed by atoms with van der Waals surface area (Å²) in [5, 5.41) is 2.79. The van der Waals surface area contributed by atoms with Crippen LogP contribution < -0.4 is 5.32 Å². The molecule has 68 valence electrons. The highest BCUT2D eigenvalue weighted by Crippen LogP contribution is 2.27. The lowest BCUT2D eigenvalue weighted by atomic mass is 9.99. The second-order valence-electron chi connectivity index (χ2n) is 3.36. The van der Waals surface area contributed by atoms with Crippen LogP contribution >= 0.6 is 0 Å². The van der Waals surface area contributed by atoms with Gasteiger partial charge < -0.3 is 15.0 Å². The lowest BCUT2D eigenvalue weighted by Gasteiger charge is -2.46. The van der Waals surface area contributed by atoms with E-state index in [9.17, 15) is 4.79 Å². The van der Waals surface area contributed by atoms with Gasteiger partial charge in [-0.3, -0.25) is 0 Å². The number of nitrogens with one attached hydrogen (secondary N) is 1. The van der Waals surface area contributed by atoms with E-state index in [0.717, 1.165) is 19.5 Å². The number of hydrogen-bond donors (Lipinski definition) is 1. The second-order valence-corrected chi connectivity index (χ2v) is 3.36. The third kappa shape index (κ3) is 1.27. The zero-order valence-electron chi connectivity index (χ0n) is 7.25. The molecule has 1 N–H and O–H groups in total. The van der Waals surface area contributed by atoms with E-state index in [1.54, 1.807) is 0 Å². The maximum absolute atomic E-state index is 11.3. The molecule has 0 aliphatic carbocycles. The molecule has 2 amide bonds. The number of carbonyl (C=O) groups excluding carboxylic acids is 1. The van der Waals surface area contributed by atoms with Gasteiger partial charge in [-0.15, -0.1) is 0 Å². The number of nitrogens with zero attached hydrogens (tertiary/aromatic N) is 1. The minimum atomic E-state index is 0.0514. The Bertz CT molecular complexity index is 179. The van der Waals surface area contributed by atoms with E-state index in [1.165, 1.54) is 0 Å². The standard InChI is InChI=1S/C8H14N2O2/c1-2-9-8(11)10-4-6-3-7(5-10)12-6/h6-7H,2-5H2,1H3,(H,9,11). The molecule has 0 radical (unpaired) electrons. The van der Waals surface area contributed by atoms with Gasteiger partial charge in [0.2, 0.25) is 0 Å². The van der Waals surface area contributed by atoms with Crippen molar-refractivity contribution in [2.75, 3.05) is 19.6 Å². The molecule has 0 aromatic rings. The van der Waals surface area contributed by atoms with Crippen LogP contribution in [0.5, 0.6) is 0 Å². The van der Waals surface area contributed by atoms with Gasteiger partial charge in [0.15, 0.2) is 0 Å². The Morgan fingerprint density at radius 1 is 1.58 bits per heavy atom. The molecular weight excluding hydrogens is 156 g/mol. The zero-order valence-corrected chi connectivity index (χ0v) is 7.25. The number of ether oxygens (including phenoxy) is 1. The number of hydrogen-bond acceptors (Lipinski definition) is 2. The SMILES string of the molecule is CCNC(=O)N1CC2CC(C1)O2. The van der Waals surface area contributed by atoms with Gasteiger partial charge in [0, 0.05) is 26.1 Å². The number of morpholine rings is 1. The molecule has 3 aliphatic rings. The summed E-state index contributed by atoms with van der Waals surface area (Å²) in [6.45, 7) is 4.16. The monoisotopic (exact) mass is 170 g/mol. The Morgan fingerprint density at radius 3 is 2.67 bits per heavy atom. The van der Waals surface area contributed by atoms with E-state index in [2.05, 4.69) is 5.32 Å². The molecule has 12 heavy (non-hydrogen) atoms. The van der Waals surface area contributed by atoms with Gasteiger partial charge in [-0.1, -0.05) is 0 Å². The lowest BCUT2D eigenvalue weighted by Crippen LogP contribution is -2.60. The topological polar surface area (TPSA) is 41.6 Å². The summed E-state index contributed by atoms with van der Waals surface area (Å²) in [6.07, 6.45) is 1.76. The first-order valence-corrected chi connectivity index (χ1v) is 4.48. The van der Waals surface area contributed by atoms with Gasteiger partial charge in [0.05, 0.1) is 12.2 Å². The average molecular weight is 170 g/mol. The summed E-state index contributed by atoms with van der Waals surface area (Å²) in [5.41, 5.74) is 0. The summed E-state index contributed by atoms with van der Waals surface area (Å²) in [4.78, 5) is 13.2. The molecule has 4 heteroatoms. The largest absolute Gasteiger partial charge is 0.371 e. The first kappa shape index (κ1) is 7.86. The van der Waals surface area contributed by atoms with Crippen LogP contribution in [0.3, 0.4) is 0 Å². The zero-order chi connectivity index (χ0) is 8.55. The normalized spacial score (nSPS) is 32.6. The maximum atomic E-state index is 11.3. The summed E-state index contributed by atoms with van der Waals surface area (Å²) in [7, 11) is 0. The maximum Gasteiger partial charge on any atom is 0.317 e. The van der Waals surface area contributed by atoms with Gasteiger partial charge in [-0.05, 0) is 6.92 Å². The predicted molar refractivity (Wildman–Crippen MR) is 43.9 cm³/mol. The van der Waals surface area contributed by atoms with E-state index in [1.807, 2.05) is 11.8 Å². The molecule has 0 spiro atoms. The van der Waals surface area contributed by atoms with Crippen LogP contribution in [0, 0.1) is 0 Å². The minimum absolute atomic E-state index is 0.0514. The van der Waals surface area contributed by atoms with Crippen molar-refractivity contribution in [3.8, 4) is 0 Å². The van der Waals surface area contributed by atoms with Crippen LogP contribution in [-0.2, 0) is 4.74 Å². The van der Waals surface area contributed by atoms with Gasteiger partial charge in [-0.25, -0.2) is 4.79 Å². The molecule has 2 bridgehead atoms. The van der Waals surface area contributed by atoms with Crippen LogP contribution in [0.4, 0.5) is 4.79 Å². The Morgan fingerprint density at radius 2 is 2.17 bits per heavy atom. The number of carbonyl (C=O) groups is 1. The van der Waals surface area contributed by atoms with Gasteiger partial charge in [0.1, 0.15) is 0 Å². The summed E-state index contributed by atoms with van der Waals surface area (Å²) < 4.78 is 5.41. The lowest BCUT2D eigenvalue weighted by molar-refractivity contribution is -0.170. The number of rotatable bonds is 1. The van der Waals surface area contributed by atoms with Gasteiger partial charge in [0.25, 0.3) is 0 Å². The Balaban J connectivity index is 1.85. The quantitative estimate of drug-likeness (QED) is 0.610. The highest BCUT2D eigenvalue weighted by Gasteiger charge is 2.39. The number of fused-ring (bicyclic) bond motifs is 2. The van der Waals surface area contributed by atoms with Crippen molar-refractivity contribution in [1.29, 1.82) is 0 Å². The van der Waals surface area contributed by atoms with Crippen molar-refractivity contribution >= 4 is 6.03 Å². The smallest absolute Gasteiger partial charge is 0.317 e. The Labute approximate surface area is 71.9 Å². The molecule has 3 fully saturated rings. The fourth-order valence-electron chi connectivity index (χ4n) is 1.78.